The minimum absolute atomic E-state index is 0.263. The highest BCUT2D eigenvalue weighted by molar-refractivity contribution is 6.32. The van der Waals surface area contributed by atoms with Crippen LogP contribution in [-0.4, -0.2) is 28.9 Å². The Kier molecular flexibility index (Phi) is 5.47. The molecule has 3 amide bonds. The summed E-state index contributed by atoms with van der Waals surface area (Å²) in [6.45, 7) is 1.87. The monoisotopic (exact) mass is 546 g/mol. The molecule has 7 nitrogen and oxygen atoms in total. The smallest absolute Gasteiger partial charge is 0.272 e. The Bertz CT molecular complexity index is 1700. The number of halogens is 1. The van der Waals surface area contributed by atoms with Crippen molar-refractivity contribution >= 4 is 41.2 Å². The number of amides is 3. The van der Waals surface area contributed by atoms with Crippen molar-refractivity contribution in [3.63, 3.8) is 0 Å². The standard InChI is InChI=1S/C32H23ClN4O3/c1-18-12-13-20(15-25(18)33)37-30(39)27-26-21-8-2-4-10-23(21)32(28(27)31(37)40,24-11-5-3-9-22(24)26)17-35-36-29(38)19-7-6-14-34-16-19/h2-17,26-28H,1H3,(H,36,38)/b35-17-/t26?,27-,28+,32?/m1/s1. The zero-order valence-electron chi connectivity index (χ0n) is 21.4. The Morgan fingerprint density at radius 3 is 2.33 bits per heavy atom. The number of nitrogens with zero attached hydrogens (tertiary/aromatic N) is 3. The highest BCUT2D eigenvalue weighted by Gasteiger charge is 2.68. The third-order valence-electron chi connectivity index (χ3n) is 8.46. The first kappa shape index (κ1) is 24.4. The van der Waals surface area contributed by atoms with Gasteiger partial charge in [0.2, 0.25) is 11.8 Å². The second-order valence-corrected chi connectivity index (χ2v) is 10.8. The van der Waals surface area contributed by atoms with Crippen molar-refractivity contribution in [3.8, 4) is 0 Å². The van der Waals surface area contributed by atoms with Gasteiger partial charge in [0.15, 0.2) is 0 Å². The van der Waals surface area contributed by atoms with Gasteiger partial charge in [0.1, 0.15) is 0 Å². The van der Waals surface area contributed by atoms with Crippen LogP contribution in [0.4, 0.5) is 5.69 Å². The summed E-state index contributed by atoms with van der Waals surface area (Å²) in [5.41, 5.74) is 6.98. The fourth-order valence-electron chi connectivity index (χ4n) is 6.78. The van der Waals surface area contributed by atoms with E-state index in [9.17, 15) is 14.4 Å². The van der Waals surface area contributed by atoms with E-state index in [1.807, 2.05) is 61.5 Å². The molecule has 3 aromatic carbocycles. The lowest BCUT2D eigenvalue weighted by Gasteiger charge is -2.52. The highest BCUT2D eigenvalue weighted by atomic mass is 35.5. The molecule has 1 aliphatic heterocycles. The van der Waals surface area contributed by atoms with Gasteiger partial charge in [0.25, 0.3) is 5.91 Å². The first-order valence-electron chi connectivity index (χ1n) is 13.0. The molecule has 1 N–H and O–H groups in total. The molecular weight excluding hydrogens is 524 g/mol. The molecule has 8 heteroatoms. The third-order valence-corrected chi connectivity index (χ3v) is 8.86. The van der Waals surface area contributed by atoms with Crippen molar-refractivity contribution in [1.29, 1.82) is 0 Å². The second kappa shape index (κ2) is 8.96. The van der Waals surface area contributed by atoms with Crippen LogP contribution in [0, 0.1) is 18.8 Å². The second-order valence-electron chi connectivity index (χ2n) is 10.4. The SMILES string of the molecule is Cc1ccc(N2C(=O)[C@@H]3C4c5ccccc5C(/C=N\NC(=O)c5cccnc5)(c5ccccc54)[C@@H]3C2=O)cc1Cl. The van der Waals surface area contributed by atoms with Crippen LogP contribution < -0.4 is 10.3 Å². The Morgan fingerprint density at radius 1 is 0.975 bits per heavy atom. The van der Waals surface area contributed by atoms with Crippen molar-refractivity contribution < 1.29 is 14.4 Å². The molecule has 1 aromatic heterocycles. The van der Waals surface area contributed by atoms with Crippen molar-refractivity contribution in [2.24, 2.45) is 16.9 Å². The summed E-state index contributed by atoms with van der Waals surface area (Å²) in [6.07, 6.45) is 4.69. The number of aryl methyl sites for hydroxylation is 1. The minimum atomic E-state index is -1.08. The molecule has 0 radical (unpaired) electrons. The molecule has 2 heterocycles. The fourth-order valence-corrected chi connectivity index (χ4v) is 6.95. The average molecular weight is 547 g/mol. The number of anilines is 1. The lowest BCUT2D eigenvalue weighted by molar-refractivity contribution is -0.122. The van der Waals surface area contributed by atoms with Gasteiger partial charge in [-0.3, -0.25) is 19.4 Å². The molecule has 0 spiro atoms. The molecule has 2 bridgehead atoms. The molecule has 40 heavy (non-hydrogen) atoms. The number of imide groups is 1. The van der Waals surface area contributed by atoms with Crippen LogP contribution in [-0.2, 0) is 15.0 Å². The van der Waals surface area contributed by atoms with Gasteiger partial charge < -0.3 is 0 Å². The Labute approximate surface area is 235 Å². The van der Waals surface area contributed by atoms with Crippen LogP contribution in [0.25, 0.3) is 0 Å². The Balaban J connectivity index is 1.41. The molecule has 3 aliphatic carbocycles. The van der Waals surface area contributed by atoms with E-state index in [4.69, 9.17) is 11.6 Å². The predicted molar refractivity (Wildman–Crippen MR) is 151 cm³/mol. The minimum Gasteiger partial charge on any atom is -0.274 e. The zero-order valence-corrected chi connectivity index (χ0v) is 22.2. The van der Waals surface area contributed by atoms with E-state index in [1.54, 1.807) is 36.7 Å². The van der Waals surface area contributed by atoms with E-state index >= 15 is 0 Å². The predicted octanol–water partition coefficient (Wildman–Crippen LogP) is 5.01. The van der Waals surface area contributed by atoms with E-state index in [-0.39, 0.29) is 17.7 Å². The van der Waals surface area contributed by atoms with Crippen LogP contribution in [0.2, 0.25) is 5.02 Å². The van der Waals surface area contributed by atoms with Gasteiger partial charge in [-0.2, -0.15) is 5.10 Å². The number of carbonyl (C=O) groups is 3. The molecule has 0 unspecified atom stereocenters. The summed E-state index contributed by atoms with van der Waals surface area (Å²) < 4.78 is 0. The number of hydrogen-bond acceptors (Lipinski definition) is 5. The number of hydrogen-bond donors (Lipinski definition) is 1. The number of nitrogens with one attached hydrogen (secondary N) is 1. The van der Waals surface area contributed by atoms with Crippen LogP contribution in [0.5, 0.6) is 0 Å². The normalized spacial score (nSPS) is 24.1. The zero-order chi connectivity index (χ0) is 27.6. The molecule has 196 valence electrons. The molecule has 4 aromatic rings. The number of pyridine rings is 1. The average Bonchev–Trinajstić information content (AvgIpc) is 3.25. The Hall–Kier alpha value is -4.62. The van der Waals surface area contributed by atoms with E-state index in [1.165, 1.54) is 11.1 Å². The molecule has 1 saturated heterocycles. The summed E-state index contributed by atoms with van der Waals surface area (Å²) >= 11 is 6.42. The van der Waals surface area contributed by atoms with Crippen molar-refractivity contribution in [2.45, 2.75) is 18.3 Å². The van der Waals surface area contributed by atoms with Crippen LogP contribution in [0.3, 0.4) is 0 Å². The molecule has 1 fully saturated rings. The van der Waals surface area contributed by atoms with Gasteiger partial charge >= 0.3 is 0 Å². The van der Waals surface area contributed by atoms with Gasteiger partial charge in [0, 0.05) is 29.5 Å². The molecule has 0 saturated carbocycles. The van der Waals surface area contributed by atoms with Gasteiger partial charge in [-0.05, 0) is 59.0 Å². The largest absolute Gasteiger partial charge is 0.274 e. The number of benzene rings is 3. The summed E-state index contributed by atoms with van der Waals surface area (Å²) in [7, 11) is 0. The van der Waals surface area contributed by atoms with Gasteiger partial charge in [-0.25, -0.2) is 10.3 Å². The molecule has 2 atom stereocenters. The van der Waals surface area contributed by atoms with E-state index in [2.05, 4.69) is 15.5 Å². The third kappa shape index (κ3) is 3.27. The van der Waals surface area contributed by atoms with Gasteiger partial charge in [-0.1, -0.05) is 66.2 Å². The number of hydrazone groups is 1. The topological polar surface area (TPSA) is 91.7 Å². The molecule has 8 rings (SSSR count). The number of aromatic nitrogens is 1. The number of rotatable bonds is 4. The van der Waals surface area contributed by atoms with E-state index in [0.29, 0.717) is 16.3 Å². The number of carbonyl (C=O) groups excluding carboxylic acids is 3. The maximum Gasteiger partial charge on any atom is 0.272 e. The van der Waals surface area contributed by atoms with Crippen LogP contribution >= 0.6 is 11.6 Å². The lowest BCUT2D eigenvalue weighted by Crippen LogP contribution is -2.54. The highest BCUT2D eigenvalue weighted by Crippen LogP contribution is 2.63. The van der Waals surface area contributed by atoms with Crippen molar-refractivity contribution in [3.05, 3.63) is 130 Å². The maximum atomic E-state index is 14.4. The summed E-state index contributed by atoms with van der Waals surface area (Å²) in [4.78, 5) is 46.7. The van der Waals surface area contributed by atoms with Crippen molar-refractivity contribution in [2.75, 3.05) is 4.90 Å². The van der Waals surface area contributed by atoms with Crippen molar-refractivity contribution in [1.82, 2.24) is 10.4 Å². The van der Waals surface area contributed by atoms with Crippen LogP contribution in [0.1, 0.15) is 44.1 Å². The van der Waals surface area contributed by atoms with Gasteiger partial charge in [0.05, 0.1) is 28.5 Å². The maximum absolute atomic E-state index is 14.4. The lowest BCUT2D eigenvalue weighted by atomic mass is 9.47. The fraction of sp³-hybridized carbons (Fsp3) is 0.156. The summed E-state index contributed by atoms with van der Waals surface area (Å²) in [5, 5.41) is 4.91. The van der Waals surface area contributed by atoms with E-state index < -0.39 is 23.2 Å². The first-order chi connectivity index (χ1) is 19.4. The van der Waals surface area contributed by atoms with Crippen LogP contribution in [0.15, 0.2) is 96.4 Å². The summed E-state index contributed by atoms with van der Waals surface area (Å²) in [6, 6.07) is 24.3. The molecular formula is C32H23ClN4O3. The van der Waals surface area contributed by atoms with Gasteiger partial charge in [-0.15, -0.1) is 0 Å². The quantitative estimate of drug-likeness (QED) is 0.221. The van der Waals surface area contributed by atoms with E-state index in [0.717, 1.165) is 27.8 Å². The first-order valence-corrected chi connectivity index (χ1v) is 13.4. The molecule has 4 aliphatic rings. The Morgan fingerprint density at radius 2 is 1.68 bits per heavy atom. The summed E-state index contributed by atoms with van der Waals surface area (Å²) in [5.74, 6) is -2.69.